The van der Waals surface area contributed by atoms with Gasteiger partial charge < -0.3 is 20.6 Å². The summed E-state index contributed by atoms with van der Waals surface area (Å²) in [5.41, 5.74) is 8.47. The third kappa shape index (κ3) is 10.5. The summed E-state index contributed by atoms with van der Waals surface area (Å²) in [5, 5.41) is 10.8. The molecular weight excluding hydrogens is 668 g/mol. The summed E-state index contributed by atoms with van der Waals surface area (Å²) in [7, 11) is 0. The van der Waals surface area contributed by atoms with E-state index in [4.69, 9.17) is 15.6 Å². The summed E-state index contributed by atoms with van der Waals surface area (Å²) >= 11 is 8.00. The molecule has 1 unspecified atom stereocenters. The smallest absolute Gasteiger partial charge is 0.345 e. The van der Waals surface area contributed by atoms with Gasteiger partial charge in [-0.15, -0.1) is 11.3 Å². The highest BCUT2D eigenvalue weighted by Gasteiger charge is 2.09. The number of nitrogens with two attached hydrogens (primary N) is 1. The molecule has 216 valence electrons. The number of halogens is 2. The second-order valence-electron chi connectivity index (χ2n) is 9.76. The highest BCUT2D eigenvalue weighted by Crippen LogP contribution is 2.28. The Labute approximate surface area is 261 Å². The molecule has 3 aromatic carbocycles. The zero-order valence-corrected chi connectivity index (χ0v) is 27.2. The van der Waals surface area contributed by atoms with E-state index in [2.05, 4.69) is 75.0 Å². The van der Waals surface area contributed by atoms with Crippen LogP contribution in [-0.2, 0) is 4.74 Å². The largest absolute Gasteiger partial charge is 0.477 e. The fraction of sp³-hybridized carbons (Fsp3) is 0.250. The molecule has 41 heavy (non-hydrogen) atoms. The third-order valence-electron chi connectivity index (χ3n) is 6.09. The fourth-order valence-corrected chi connectivity index (χ4v) is 5.60. The minimum atomic E-state index is -0.864. The van der Waals surface area contributed by atoms with Gasteiger partial charge in [0.15, 0.2) is 5.78 Å². The molecule has 3 heterocycles. The molecule has 6 nitrogen and oxygen atoms in total. The maximum absolute atomic E-state index is 11.1. The number of rotatable bonds is 3. The molecule has 1 saturated heterocycles. The van der Waals surface area contributed by atoms with Gasteiger partial charge in [-0.2, -0.15) is 0 Å². The van der Waals surface area contributed by atoms with Crippen molar-refractivity contribution in [2.75, 3.05) is 13.2 Å². The van der Waals surface area contributed by atoms with Crippen LogP contribution in [0.2, 0.25) is 0 Å². The van der Waals surface area contributed by atoms with Gasteiger partial charge in [0.05, 0.1) is 12.3 Å². The average molecular weight is 703 g/mol. The van der Waals surface area contributed by atoms with Crippen molar-refractivity contribution in [1.82, 2.24) is 4.98 Å². The number of Topliss-reactive ketones (excluding diaryl/α,β-unsaturated/α-hetero) is 1. The summed E-state index contributed by atoms with van der Waals surface area (Å²) in [6, 6.07) is 26.0. The molecule has 0 saturated carbocycles. The molecule has 9 heteroatoms. The van der Waals surface area contributed by atoms with Crippen molar-refractivity contribution in [1.29, 1.82) is 0 Å². The van der Waals surface area contributed by atoms with Gasteiger partial charge in [0.25, 0.3) is 0 Å². The normalized spacial score (nSPS) is 14.0. The molecule has 4 N–H and O–H groups in total. The number of thiophene rings is 1. The number of carboxylic acids is 1. The summed E-state index contributed by atoms with van der Waals surface area (Å²) < 4.78 is 7.91. The number of aromatic amines is 1. The molecule has 0 aliphatic carbocycles. The lowest BCUT2D eigenvalue weighted by atomic mass is 10.0. The lowest BCUT2D eigenvalue weighted by molar-refractivity contribution is 0.0702. The van der Waals surface area contributed by atoms with Crippen LogP contribution in [-0.4, -0.2) is 41.1 Å². The van der Waals surface area contributed by atoms with Crippen LogP contribution >= 0.6 is 43.2 Å². The Morgan fingerprint density at radius 3 is 2.15 bits per heavy atom. The number of aromatic nitrogens is 1. The van der Waals surface area contributed by atoms with Crippen LogP contribution in [0.3, 0.4) is 0 Å². The van der Waals surface area contributed by atoms with Gasteiger partial charge >= 0.3 is 5.97 Å². The van der Waals surface area contributed by atoms with E-state index in [9.17, 15) is 9.59 Å². The van der Waals surface area contributed by atoms with E-state index in [1.165, 1.54) is 16.9 Å². The molecular formula is C32H34Br2N2O4S. The summed E-state index contributed by atoms with van der Waals surface area (Å²) in [6.45, 7) is 7.59. The summed E-state index contributed by atoms with van der Waals surface area (Å²) in [5.74, 6) is -0.143. The number of H-pyrrole nitrogens is 1. The van der Waals surface area contributed by atoms with Gasteiger partial charge in [-0.25, -0.2) is 4.79 Å². The first-order valence-corrected chi connectivity index (χ1v) is 15.5. The van der Waals surface area contributed by atoms with Crippen molar-refractivity contribution in [2.45, 2.75) is 39.2 Å². The first-order valence-electron chi connectivity index (χ1n) is 13.1. The van der Waals surface area contributed by atoms with E-state index >= 15 is 0 Å². The zero-order valence-electron chi connectivity index (χ0n) is 23.2. The molecule has 1 atom stereocenters. The van der Waals surface area contributed by atoms with Crippen LogP contribution in [0.1, 0.15) is 58.8 Å². The topological polar surface area (TPSA) is 105 Å². The predicted octanol–water partition coefficient (Wildman–Crippen LogP) is 9.04. The van der Waals surface area contributed by atoms with E-state index in [-0.39, 0.29) is 5.78 Å². The molecule has 1 aliphatic rings. The maximum Gasteiger partial charge on any atom is 0.345 e. The Balaban J connectivity index is 0.000000156. The molecule has 1 aliphatic heterocycles. The van der Waals surface area contributed by atoms with Crippen LogP contribution in [0.4, 0.5) is 0 Å². The molecule has 5 aromatic rings. The number of fused-ring (bicyclic) bond motifs is 2. The van der Waals surface area contributed by atoms with Crippen LogP contribution in [0, 0.1) is 0 Å². The van der Waals surface area contributed by atoms with Crippen LogP contribution in [0.15, 0.2) is 87.8 Å². The van der Waals surface area contributed by atoms with Gasteiger partial charge in [0, 0.05) is 44.1 Å². The molecule has 2 aromatic heterocycles. The quantitative estimate of drug-likeness (QED) is 0.163. The molecule has 0 radical (unpaired) electrons. The third-order valence-corrected chi connectivity index (χ3v) is 8.16. The van der Waals surface area contributed by atoms with Gasteiger partial charge in [-0.3, -0.25) is 4.79 Å². The fourth-order valence-electron chi connectivity index (χ4n) is 3.79. The number of hydrogen-bond donors (Lipinski definition) is 3. The maximum atomic E-state index is 11.1. The zero-order chi connectivity index (χ0) is 29.9. The number of ether oxygens (including phenoxy) is 1. The van der Waals surface area contributed by atoms with Gasteiger partial charge in [0.2, 0.25) is 0 Å². The number of nitrogens with one attached hydrogen (secondary N) is 1. The first-order chi connectivity index (χ1) is 19.5. The molecule has 1 fully saturated rings. The van der Waals surface area contributed by atoms with E-state index in [0.717, 1.165) is 49.6 Å². The van der Waals surface area contributed by atoms with Gasteiger partial charge in [0.1, 0.15) is 4.88 Å². The van der Waals surface area contributed by atoms with Gasteiger partial charge in [-0.1, -0.05) is 88.2 Å². The molecule has 0 bridgehead atoms. The standard InChI is InChI=1S/C10H8BrNO.C9H5BrO2S.C9H12.C4H9NO/c1-6(13)9-4-7-2-3-8(11)5-10(7)12-9;10-6-2-1-5-3-8(9(11)12)13-7(5)4-6;1-8(2)9-6-4-3-5-7-9;5-4-1-2-6-3-4/h2-5,12H,1H3;1-4H,(H,11,12);3-8H,1-2H3;4H,1-3,5H2. The van der Waals surface area contributed by atoms with Gasteiger partial charge in [-0.05, 0) is 59.7 Å². The van der Waals surface area contributed by atoms with Crippen molar-refractivity contribution in [3.63, 3.8) is 0 Å². The second-order valence-corrected chi connectivity index (χ2v) is 12.7. The van der Waals surface area contributed by atoms with Crippen molar-refractivity contribution in [3.05, 3.63) is 104 Å². The average Bonchev–Trinajstić information content (AvgIpc) is 3.69. The Bertz CT molecular complexity index is 1480. The number of hydrogen-bond acceptors (Lipinski definition) is 5. The van der Waals surface area contributed by atoms with E-state index in [1.54, 1.807) is 13.0 Å². The summed E-state index contributed by atoms with van der Waals surface area (Å²) in [4.78, 5) is 25.1. The Morgan fingerprint density at radius 2 is 1.63 bits per heavy atom. The van der Waals surface area contributed by atoms with Crippen LogP contribution in [0.5, 0.6) is 0 Å². The SMILES string of the molecule is CC(=O)c1cc2ccc(Br)cc2[nH]1.CC(C)c1ccccc1.NC1CCOC1.O=C(O)c1cc2ccc(Br)cc2s1. The number of carbonyl (C=O) groups excluding carboxylic acids is 1. The Hall–Kier alpha value is -2.82. The molecule has 0 amide bonds. The predicted molar refractivity (Wildman–Crippen MR) is 176 cm³/mol. The van der Waals surface area contributed by atoms with E-state index in [1.807, 2.05) is 48.5 Å². The van der Waals surface area contributed by atoms with Crippen LogP contribution in [0.25, 0.3) is 21.0 Å². The molecule has 0 spiro atoms. The molecule has 6 rings (SSSR count). The highest BCUT2D eigenvalue weighted by atomic mass is 79.9. The van der Waals surface area contributed by atoms with Crippen molar-refractivity contribution >= 4 is 75.9 Å². The minimum absolute atomic E-state index is 0.0623. The van der Waals surface area contributed by atoms with Crippen molar-refractivity contribution in [2.24, 2.45) is 5.73 Å². The van der Waals surface area contributed by atoms with E-state index in [0.29, 0.717) is 22.5 Å². The number of benzene rings is 3. The summed E-state index contributed by atoms with van der Waals surface area (Å²) in [6.07, 6.45) is 1.04. The van der Waals surface area contributed by atoms with Crippen LogP contribution < -0.4 is 5.73 Å². The Kier molecular flexibility index (Phi) is 12.7. The van der Waals surface area contributed by atoms with E-state index < -0.39 is 5.97 Å². The second kappa shape index (κ2) is 16.0. The highest BCUT2D eigenvalue weighted by molar-refractivity contribution is 9.10. The minimum Gasteiger partial charge on any atom is -0.477 e. The first kappa shape index (κ1) is 32.7. The number of aromatic carboxylic acids is 1. The van der Waals surface area contributed by atoms with Crippen molar-refractivity contribution in [3.8, 4) is 0 Å². The Morgan fingerprint density at radius 1 is 0.976 bits per heavy atom. The lowest BCUT2D eigenvalue weighted by Gasteiger charge is -2.01. The number of ketones is 1. The monoisotopic (exact) mass is 700 g/mol. The van der Waals surface area contributed by atoms with Crippen molar-refractivity contribution < 1.29 is 19.4 Å². The number of carbonyl (C=O) groups is 2. The lowest BCUT2D eigenvalue weighted by Crippen LogP contribution is -2.18. The number of carboxylic acid groups (broad SMARTS) is 1.